The highest BCUT2D eigenvalue weighted by atomic mass is 16.6. The van der Waals surface area contributed by atoms with Gasteiger partial charge in [-0.15, -0.1) is 0 Å². The highest BCUT2D eigenvalue weighted by Gasteiger charge is 2.16. The first kappa shape index (κ1) is 17.3. The molecule has 1 amide bonds. The van der Waals surface area contributed by atoms with Crippen LogP contribution in [0.1, 0.15) is 35.8 Å². The molecule has 0 atom stereocenters. The van der Waals surface area contributed by atoms with Crippen LogP contribution in [-0.2, 0) is 6.42 Å². The summed E-state index contributed by atoms with van der Waals surface area (Å²) in [5, 5.41) is 4.81. The van der Waals surface area contributed by atoms with E-state index in [4.69, 9.17) is 9.47 Å². The number of ether oxygens (including phenoxy) is 2. The van der Waals surface area contributed by atoms with E-state index in [0.717, 1.165) is 30.0 Å². The van der Waals surface area contributed by atoms with Gasteiger partial charge in [0.05, 0.1) is 0 Å². The molecule has 3 aromatic rings. The number of anilines is 1. The Balaban J connectivity index is 1.62. The van der Waals surface area contributed by atoms with Gasteiger partial charge in [0.1, 0.15) is 18.9 Å². The lowest BCUT2D eigenvalue weighted by atomic mass is 10.0. The van der Waals surface area contributed by atoms with Gasteiger partial charge in [-0.3, -0.25) is 9.78 Å². The topological polar surface area (TPSA) is 60.5 Å². The van der Waals surface area contributed by atoms with Crippen LogP contribution in [0.2, 0.25) is 0 Å². The Kier molecular flexibility index (Phi) is 4.92. The van der Waals surface area contributed by atoms with Crippen molar-refractivity contribution in [2.24, 2.45) is 0 Å². The molecular weight excluding hydrogens is 340 g/mol. The number of carbonyl (C=O) groups is 1. The second kappa shape index (κ2) is 7.66. The van der Waals surface area contributed by atoms with Gasteiger partial charge >= 0.3 is 0 Å². The zero-order valence-corrected chi connectivity index (χ0v) is 15.3. The van der Waals surface area contributed by atoms with Crippen molar-refractivity contribution in [3.05, 3.63) is 59.9 Å². The minimum Gasteiger partial charge on any atom is -0.486 e. The van der Waals surface area contributed by atoms with Gasteiger partial charge in [-0.25, -0.2) is 0 Å². The van der Waals surface area contributed by atoms with Crippen molar-refractivity contribution in [2.45, 2.75) is 26.2 Å². The number of unbranched alkanes of at least 4 members (excludes halogenated alkanes) is 1. The average molecular weight is 362 g/mol. The van der Waals surface area contributed by atoms with Gasteiger partial charge in [0.2, 0.25) is 0 Å². The van der Waals surface area contributed by atoms with Crippen molar-refractivity contribution in [1.29, 1.82) is 0 Å². The van der Waals surface area contributed by atoms with E-state index in [0.29, 0.717) is 36.1 Å². The number of fused-ring (bicyclic) bond motifs is 2. The van der Waals surface area contributed by atoms with Gasteiger partial charge < -0.3 is 14.8 Å². The molecular formula is C22H22N2O3. The SMILES string of the molecule is CCCCc1ccc2ccnc(C(=O)Nc3ccc4c(c3)OCCO4)c2c1. The fraction of sp³-hybridized carbons (Fsp3) is 0.273. The van der Waals surface area contributed by atoms with E-state index >= 15 is 0 Å². The molecule has 2 heterocycles. The molecule has 0 saturated heterocycles. The lowest BCUT2D eigenvalue weighted by Gasteiger charge is -2.19. The maximum Gasteiger partial charge on any atom is 0.274 e. The highest BCUT2D eigenvalue weighted by molar-refractivity contribution is 6.11. The van der Waals surface area contributed by atoms with Crippen LogP contribution in [0.5, 0.6) is 11.5 Å². The Labute approximate surface area is 158 Å². The van der Waals surface area contributed by atoms with Gasteiger partial charge in [0.25, 0.3) is 5.91 Å². The van der Waals surface area contributed by atoms with E-state index in [1.54, 1.807) is 12.3 Å². The van der Waals surface area contributed by atoms with E-state index in [1.165, 1.54) is 5.56 Å². The van der Waals surface area contributed by atoms with Crippen LogP contribution < -0.4 is 14.8 Å². The van der Waals surface area contributed by atoms with E-state index in [-0.39, 0.29) is 5.91 Å². The number of rotatable bonds is 5. The predicted molar refractivity (Wildman–Crippen MR) is 106 cm³/mol. The second-order valence-corrected chi connectivity index (χ2v) is 6.63. The Morgan fingerprint density at radius 1 is 1.07 bits per heavy atom. The van der Waals surface area contributed by atoms with E-state index in [9.17, 15) is 4.79 Å². The van der Waals surface area contributed by atoms with Crippen molar-refractivity contribution in [1.82, 2.24) is 4.98 Å². The first-order chi connectivity index (χ1) is 13.2. The number of pyridine rings is 1. The van der Waals surface area contributed by atoms with Crippen LogP contribution in [0.3, 0.4) is 0 Å². The van der Waals surface area contributed by atoms with Crippen molar-refractivity contribution in [3.8, 4) is 11.5 Å². The molecule has 1 aliphatic heterocycles. The molecule has 2 aromatic carbocycles. The van der Waals surface area contributed by atoms with Crippen LogP contribution in [0.15, 0.2) is 48.7 Å². The molecule has 0 bridgehead atoms. The third-order valence-corrected chi connectivity index (χ3v) is 4.66. The molecule has 5 nitrogen and oxygen atoms in total. The summed E-state index contributed by atoms with van der Waals surface area (Å²) < 4.78 is 11.1. The molecule has 1 aromatic heterocycles. The maximum atomic E-state index is 12.9. The summed E-state index contributed by atoms with van der Waals surface area (Å²) in [6.45, 7) is 3.23. The molecule has 5 heteroatoms. The fourth-order valence-electron chi connectivity index (χ4n) is 3.24. The molecule has 138 valence electrons. The van der Waals surface area contributed by atoms with Gasteiger partial charge in [-0.05, 0) is 48.1 Å². The molecule has 0 aliphatic carbocycles. The van der Waals surface area contributed by atoms with Gasteiger partial charge in [0, 0.05) is 23.3 Å². The largest absolute Gasteiger partial charge is 0.486 e. The van der Waals surface area contributed by atoms with Crippen molar-refractivity contribution >= 4 is 22.4 Å². The van der Waals surface area contributed by atoms with Crippen molar-refractivity contribution in [2.75, 3.05) is 18.5 Å². The van der Waals surface area contributed by atoms with Crippen LogP contribution in [0.25, 0.3) is 10.8 Å². The first-order valence-electron chi connectivity index (χ1n) is 9.33. The number of benzene rings is 2. The number of hydrogen-bond donors (Lipinski definition) is 1. The fourth-order valence-corrected chi connectivity index (χ4v) is 3.24. The molecule has 0 spiro atoms. The highest BCUT2D eigenvalue weighted by Crippen LogP contribution is 2.33. The number of amides is 1. The summed E-state index contributed by atoms with van der Waals surface area (Å²) in [5.74, 6) is 1.11. The smallest absolute Gasteiger partial charge is 0.274 e. The monoisotopic (exact) mass is 362 g/mol. The first-order valence-corrected chi connectivity index (χ1v) is 9.33. The van der Waals surface area contributed by atoms with Crippen LogP contribution in [0.4, 0.5) is 5.69 Å². The summed E-state index contributed by atoms with van der Waals surface area (Å²) in [6.07, 6.45) is 4.95. The van der Waals surface area contributed by atoms with Gasteiger partial charge in [0.15, 0.2) is 11.5 Å². The minimum absolute atomic E-state index is 0.232. The molecule has 4 rings (SSSR count). The number of nitrogens with zero attached hydrogens (tertiary/aromatic N) is 1. The molecule has 0 unspecified atom stereocenters. The molecule has 0 saturated carbocycles. The maximum absolute atomic E-state index is 12.9. The standard InChI is InChI=1S/C22H22N2O3/c1-2-3-4-15-5-6-16-9-10-23-21(18(16)13-15)22(25)24-17-7-8-19-20(14-17)27-12-11-26-19/h5-10,13-14H,2-4,11-12H2,1H3,(H,24,25). The number of aromatic nitrogens is 1. The average Bonchev–Trinajstić information content (AvgIpc) is 2.71. The summed E-state index contributed by atoms with van der Waals surface area (Å²) >= 11 is 0. The number of carbonyl (C=O) groups excluding carboxylic acids is 1. The molecule has 0 fully saturated rings. The third kappa shape index (κ3) is 3.72. The minimum atomic E-state index is -0.232. The number of aryl methyl sites for hydroxylation is 1. The van der Waals surface area contributed by atoms with Crippen LogP contribution >= 0.6 is 0 Å². The lowest BCUT2D eigenvalue weighted by molar-refractivity contribution is 0.102. The van der Waals surface area contributed by atoms with E-state index in [1.807, 2.05) is 18.2 Å². The summed E-state index contributed by atoms with van der Waals surface area (Å²) in [7, 11) is 0. The zero-order valence-electron chi connectivity index (χ0n) is 15.3. The van der Waals surface area contributed by atoms with Gasteiger partial charge in [-0.2, -0.15) is 0 Å². The molecule has 27 heavy (non-hydrogen) atoms. The zero-order chi connectivity index (χ0) is 18.6. The second-order valence-electron chi connectivity index (χ2n) is 6.63. The normalized spacial score (nSPS) is 12.8. The van der Waals surface area contributed by atoms with E-state index in [2.05, 4.69) is 35.4 Å². The lowest BCUT2D eigenvalue weighted by Crippen LogP contribution is -2.17. The Morgan fingerprint density at radius 3 is 2.78 bits per heavy atom. The van der Waals surface area contributed by atoms with Crippen LogP contribution in [-0.4, -0.2) is 24.1 Å². The van der Waals surface area contributed by atoms with E-state index < -0.39 is 0 Å². The van der Waals surface area contributed by atoms with Crippen molar-refractivity contribution in [3.63, 3.8) is 0 Å². The molecule has 1 aliphatic rings. The summed E-state index contributed by atoms with van der Waals surface area (Å²) in [4.78, 5) is 17.2. The Bertz CT molecular complexity index is 984. The quantitative estimate of drug-likeness (QED) is 0.720. The number of nitrogens with one attached hydrogen (secondary N) is 1. The molecule has 0 radical (unpaired) electrons. The van der Waals surface area contributed by atoms with Crippen molar-refractivity contribution < 1.29 is 14.3 Å². The summed E-state index contributed by atoms with van der Waals surface area (Å²) in [6, 6.07) is 13.6. The predicted octanol–water partition coefficient (Wildman–Crippen LogP) is 4.60. The molecule has 1 N–H and O–H groups in total. The van der Waals surface area contributed by atoms with Crippen LogP contribution in [0, 0.1) is 0 Å². The van der Waals surface area contributed by atoms with Gasteiger partial charge in [-0.1, -0.05) is 25.5 Å². The number of hydrogen-bond acceptors (Lipinski definition) is 4. The third-order valence-electron chi connectivity index (χ3n) is 4.66. The Hall–Kier alpha value is -3.08. The summed E-state index contributed by atoms with van der Waals surface area (Å²) in [5.41, 5.74) is 2.32. The Morgan fingerprint density at radius 2 is 1.93 bits per heavy atom.